The summed E-state index contributed by atoms with van der Waals surface area (Å²) in [6.45, 7) is 3.94. The molecule has 0 aliphatic rings. The molecule has 4 nitrogen and oxygen atoms in total. The fourth-order valence-electron chi connectivity index (χ4n) is 1.61. The summed E-state index contributed by atoms with van der Waals surface area (Å²) in [5.41, 5.74) is 0.350. The Morgan fingerprint density at radius 2 is 2.00 bits per heavy atom. The Labute approximate surface area is 125 Å². The highest BCUT2D eigenvalue weighted by atomic mass is 32.2. The number of rotatable bonds is 7. The van der Waals surface area contributed by atoms with Gasteiger partial charge >= 0.3 is 0 Å². The minimum atomic E-state index is -3.35. The van der Waals surface area contributed by atoms with Crippen LogP contribution in [-0.2, 0) is 14.6 Å². The van der Waals surface area contributed by atoms with Crippen LogP contribution < -0.4 is 5.32 Å². The number of benzene rings is 1. The van der Waals surface area contributed by atoms with Crippen molar-refractivity contribution >= 4 is 33.2 Å². The van der Waals surface area contributed by atoms with Gasteiger partial charge in [-0.3, -0.25) is 4.79 Å². The van der Waals surface area contributed by atoms with Gasteiger partial charge < -0.3 is 5.32 Å². The number of para-hydroxylation sites is 1. The largest absolute Gasteiger partial charge is 0.324 e. The molecule has 0 aromatic heterocycles. The highest BCUT2D eigenvalue weighted by molar-refractivity contribution is 8.00. The number of unbranched alkanes of at least 4 members (excludes halogenated alkanes) is 1. The monoisotopic (exact) mass is 315 g/mol. The van der Waals surface area contributed by atoms with Crippen LogP contribution >= 0.6 is 11.8 Å². The molecule has 112 valence electrons. The van der Waals surface area contributed by atoms with Crippen molar-refractivity contribution in [3.8, 4) is 0 Å². The van der Waals surface area contributed by atoms with E-state index in [0.717, 1.165) is 24.9 Å². The van der Waals surface area contributed by atoms with Crippen molar-refractivity contribution in [2.45, 2.75) is 36.8 Å². The third kappa shape index (κ3) is 5.17. The molecule has 0 aliphatic carbocycles. The van der Waals surface area contributed by atoms with Crippen LogP contribution in [0.15, 0.2) is 29.2 Å². The predicted molar refractivity (Wildman–Crippen MR) is 85.0 cm³/mol. The van der Waals surface area contributed by atoms with Crippen molar-refractivity contribution in [2.75, 3.05) is 17.3 Å². The number of amides is 1. The van der Waals surface area contributed by atoms with Crippen molar-refractivity contribution in [1.82, 2.24) is 0 Å². The van der Waals surface area contributed by atoms with E-state index in [0.29, 0.717) is 5.69 Å². The molecule has 0 saturated heterocycles. The van der Waals surface area contributed by atoms with Gasteiger partial charge in [0.2, 0.25) is 5.91 Å². The van der Waals surface area contributed by atoms with E-state index >= 15 is 0 Å². The lowest BCUT2D eigenvalue weighted by Gasteiger charge is -2.13. The molecule has 1 atom stereocenters. The van der Waals surface area contributed by atoms with Crippen LogP contribution in [0, 0.1) is 0 Å². The van der Waals surface area contributed by atoms with E-state index in [4.69, 9.17) is 0 Å². The molecular weight excluding hydrogens is 294 g/mol. The molecule has 0 radical (unpaired) electrons. The van der Waals surface area contributed by atoms with Crippen LogP contribution in [0.2, 0.25) is 0 Å². The Morgan fingerprint density at radius 1 is 1.35 bits per heavy atom. The second kappa shape index (κ2) is 7.69. The van der Waals surface area contributed by atoms with Crippen molar-refractivity contribution in [3.05, 3.63) is 24.3 Å². The summed E-state index contributed by atoms with van der Waals surface area (Å²) >= 11 is 1.58. The molecule has 6 heteroatoms. The molecule has 1 N–H and O–H groups in total. The van der Waals surface area contributed by atoms with Crippen LogP contribution in [0.5, 0.6) is 0 Å². The van der Waals surface area contributed by atoms with E-state index in [9.17, 15) is 13.2 Å². The molecule has 0 bridgehead atoms. The Hall–Kier alpha value is -1.01. The molecule has 1 amide bonds. The topological polar surface area (TPSA) is 63.2 Å². The summed E-state index contributed by atoms with van der Waals surface area (Å²) in [4.78, 5) is 12.2. The Kier molecular flexibility index (Phi) is 6.55. The first-order valence-electron chi connectivity index (χ1n) is 6.57. The molecule has 0 heterocycles. The first kappa shape index (κ1) is 17.0. The summed E-state index contributed by atoms with van der Waals surface area (Å²) in [5, 5.41) is 2.50. The number of hydrogen-bond acceptors (Lipinski definition) is 4. The van der Waals surface area contributed by atoms with E-state index in [1.165, 1.54) is 6.07 Å². The molecule has 1 rings (SSSR count). The van der Waals surface area contributed by atoms with Gasteiger partial charge in [-0.1, -0.05) is 25.5 Å². The maximum atomic E-state index is 12.1. The Morgan fingerprint density at radius 3 is 2.60 bits per heavy atom. The smallest absolute Gasteiger partial charge is 0.237 e. The number of anilines is 1. The van der Waals surface area contributed by atoms with Gasteiger partial charge in [0, 0.05) is 6.26 Å². The number of carbonyl (C=O) groups excluding carboxylic acids is 1. The zero-order chi connectivity index (χ0) is 15.2. The number of sulfone groups is 1. The third-order valence-electron chi connectivity index (χ3n) is 2.78. The highest BCUT2D eigenvalue weighted by Crippen LogP contribution is 2.22. The van der Waals surface area contributed by atoms with Crippen molar-refractivity contribution in [1.29, 1.82) is 0 Å². The number of nitrogens with one attached hydrogen (secondary N) is 1. The highest BCUT2D eigenvalue weighted by Gasteiger charge is 2.18. The maximum absolute atomic E-state index is 12.1. The lowest BCUT2D eigenvalue weighted by Crippen LogP contribution is -2.23. The van der Waals surface area contributed by atoms with E-state index in [-0.39, 0.29) is 16.1 Å². The second-order valence-electron chi connectivity index (χ2n) is 4.62. The van der Waals surface area contributed by atoms with Gasteiger partial charge in [0.1, 0.15) is 0 Å². The quantitative estimate of drug-likeness (QED) is 0.786. The van der Waals surface area contributed by atoms with Gasteiger partial charge in [-0.05, 0) is 31.2 Å². The van der Waals surface area contributed by atoms with Crippen molar-refractivity contribution in [3.63, 3.8) is 0 Å². The lowest BCUT2D eigenvalue weighted by molar-refractivity contribution is -0.115. The average Bonchev–Trinajstić information content (AvgIpc) is 2.38. The number of thioether (sulfide) groups is 1. The zero-order valence-corrected chi connectivity index (χ0v) is 13.7. The number of carbonyl (C=O) groups is 1. The minimum absolute atomic E-state index is 0.152. The van der Waals surface area contributed by atoms with Gasteiger partial charge in [-0.25, -0.2) is 8.42 Å². The summed E-state index contributed by atoms with van der Waals surface area (Å²) < 4.78 is 23.3. The van der Waals surface area contributed by atoms with Crippen LogP contribution in [0.1, 0.15) is 26.7 Å². The predicted octanol–water partition coefficient (Wildman–Crippen LogP) is 2.95. The molecule has 1 unspecified atom stereocenters. The van der Waals surface area contributed by atoms with Crippen LogP contribution in [-0.4, -0.2) is 31.6 Å². The molecular formula is C14H21NO3S2. The third-order valence-corrected chi connectivity index (χ3v) is 5.17. The van der Waals surface area contributed by atoms with Crippen LogP contribution in [0.25, 0.3) is 0 Å². The molecule has 0 aliphatic heterocycles. The fourth-order valence-corrected chi connectivity index (χ4v) is 3.47. The molecule has 1 aromatic rings. The summed E-state index contributed by atoms with van der Waals surface area (Å²) in [6.07, 6.45) is 3.30. The average molecular weight is 315 g/mol. The summed E-state index contributed by atoms with van der Waals surface area (Å²) in [5.74, 6) is 0.765. The Balaban J connectivity index is 2.76. The summed E-state index contributed by atoms with van der Waals surface area (Å²) in [7, 11) is -3.35. The van der Waals surface area contributed by atoms with E-state index < -0.39 is 9.84 Å². The maximum Gasteiger partial charge on any atom is 0.237 e. The first-order valence-corrected chi connectivity index (χ1v) is 9.51. The van der Waals surface area contributed by atoms with E-state index in [1.54, 1.807) is 30.0 Å². The lowest BCUT2D eigenvalue weighted by atomic mass is 10.3. The van der Waals surface area contributed by atoms with Crippen molar-refractivity contribution < 1.29 is 13.2 Å². The normalized spacial score (nSPS) is 12.9. The molecule has 1 aromatic carbocycles. The molecule has 0 spiro atoms. The molecule has 0 fully saturated rings. The van der Waals surface area contributed by atoms with Crippen molar-refractivity contribution in [2.24, 2.45) is 0 Å². The van der Waals surface area contributed by atoms with Gasteiger partial charge in [-0.15, -0.1) is 11.8 Å². The fraction of sp³-hybridized carbons (Fsp3) is 0.500. The van der Waals surface area contributed by atoms with Crippen LogP contribution in [0.3, 0.4) is 0 Å². The zero-order valence-electron chi connectivity index (χ0n) is 12.0. The van der Waals surface area contributed by atoms with Gasteiger partial charge in [-0.2, -0.15) is 0 Å². The van der Waals surface area contributed by atoms with E-state index in [2.05, 4.69) is 12.2 Å². The van der Waals surface area contributed by atoms with Gasteiger partial charge in [0.05, 0.1) is 15.8 Å². The minimum Gasteiger partial charge on any atom is -0.324 e. The molecule has 20 heavy (non-hydrogen) atoms. The SMILES string of the molecule is CCCCSC(C)C(=O)Nc1ccccc1S(C)(=O)=O. The first-order chi connectivity index (χ1) is 9.36. The van der Waals surface area contributed by atoms with Gasteiger partial charge in [0.25, 0.3) is 0 Å². The second-order valence-corrected chi connectivity index (χ2v) is 8.06. The molecule has 0 saturated carbocycles. The number of hydrogen-bond donors (Lipinski definition) is 1. The van der Waals surface area contributed by atoms with E-state index in [1.807, 2.05) is 6.92 Å². The summed E-state index contributed by atoms with van der Waals surface area (Å²) in [6, 6.07) is 6.46. The van der Waals surface area contributed by atoms with Gasteiger partial charge in [0.15, 0.2) is 9.84 Å². The Bertz CT molecular complexity index is 555. The van der Waals surface area contributed by atoms with Crippen LogP contribution in [0.4, 0.5) is 5.69 Å². The standard InChI is InChI=1S/C14H21NO3S2/c1-4-5-10-19-11(2)14(16)15-12-8-6-7-9-13(12)20(3,17)18/h6-9,11H,4-5,10H2,1-3H3,(H,15,16).